The Labute approximate surface area is 118 Å². The van der Waals surface area contributed by atoms with Crippen molar-refractivity contribution in [3.63, 3.8) is 0 Å². The van der Waals surface area contributed by atoms with Gasteiger partial charge in [-0.05, 0) is 40.6 Å². The second-order valence-electron chi connectivity index (χ2n) is 3.90. The molecule has 0 saturated carbocycles. The number of H-pyrrole nitrogens is 1. The van der Waals surface area contributed by atoms with E-state index in [4.69, 9.17) is 0 Å². The normalized spacial score (nSPS) is 10.6. The van der Waals surface area contributed by atoms with Crippen molar-refractivity contribution in [2.45, 2.75) is 19.8 Å². The molecule has 0 bridgehead atoms. The molecule has 0 spiro atoms. The maximum Gasteiger partial charge on any atom is 0.264 e. The lowest BCUT2D eigenvalue weighted by molar-refractivity contribution is 0.611. The van der Waals surface area contributed by atoms with Gasteiger partial charge in [0.25, 0.3) is 5.56 Å². The summed E-state index contributed by atoms with van der Waals surface area (Å²) < 4.78 is 14.1. The maximum absolute atomic E-state index is 13.5. The SMILES string of the molecule is CCc1nc(Cc2ccccc2F)[nH]c(=O)c1I. The molecule has 0 radical (unpaired) electrons. The van der Waals surface area contributed by atoms with Gasteiger partial charge in [-0.25, -0.2) is 9.37 Å². The smallest absolute Gasteiger partial charge is 0.264 e. The molecule has 1 N–H and O–H groups in total. The molecule has 0 amide bonds. The predicted molar refractivity (Wildman–Crippen MR) is 76.2 cm³/mol. The summed E-state index contributed by atoms with van der Waals surface area (Å²) in [7, 11) is 0. The number of rotatable bonds is 3. The third-order valence-corrected chi connectivity index (χ3v) is 3.74. The molecular formula is C13H12FIN2O. The summed E-state index contributed by atoms with van der Waals surface area (Å²) in [6, 6.07) is 6.50. The van der Waals surface area contributed by atoms with Crippen LogP contribution in [-0.2, 0) is 12.8 Å². The Morgan fingerprint density at radius 3 is 2.78 bits per heavy atom. The lowest BCUT2D eigenvalue weighted by Gasteiger charge is -2.06. The molecule has 3 nitrogen and oxygen atoms in total. The number of aryl methyl sites for hydroxylation is 1. The number of hydrogen-bond acceptors (Lipinski definition) is 2. The average Bonchev–Trinajstić information content (AvgIpc) is 2.36. The Morgan fingerprint density at radius 1 is 1.39 bits per heavy atom. The quantitative estimate of drug-likeness (QED) is 0.858. The van der Waals surface area contributed by atoms with E-state index < -0.39 is 0 Å². The molecule has 2 rings (SSSR count). The summed E-state index contributed by atoms with van der Waals surface area (Å²) in [6.45, 7) is 1.94. The number of aromatic nitrogens is 2. The molecule has 1 aromatic heterocycles. The van der Waals surface area contributed by atoms with E-state index in [1.807, 2.05) is 29.5 Å². The van der Waals surface area contributed by atoms with Crippen molar-refractivity contribution in [2.75, 3.05) is 0 Å². The monoisotopic (exact) mass is 358 g/mol. The van der Waals surface area contributed by atoms with E-state index >= 15 is 0 Å². The van der Waals surface area contributed by atoms with Gasteiger partial charge >= 0.3 is 0 Å². The van der Waals surface area contributed by atoms with Crippen LogP contribution in [0.2, 0.25) is 0 Å². The highest BCUT2D eigenvalue weighted by Gasteiger charge is 2.09. The number of nitrogens with one attached hydrogen (secondary N) is 1. The van der Waals surface area contributed by atoms with E-state index in [1.54, 1.807) is 18.2 Å². The van der Waals surface area contributed by atoms with E-state index in [2.05, 4.69) is 9.97 Å². The van der Waals surface area contributed by atoms with Crippen LogP contribution >= 0.6 is 22.6 Å². The summed E-state index contributed by atoms with van der Waals surface area (Å²) in [4.78, 5) is 18.7. The molecule has 5 heteroatoms. The number of benzene rings is 1. The molecule has 0 atom stereocenters. The van der Waals surface area contributed by atoms with Crippen LogP contribution in [0.25, 0.3) is 0 Å². The van der Waals surface area contributed by atoms with E-state index in [1.165, 1.54) is 6.07 Å². The van der Waals surface area contributed by atoms with Gasteiger partial charge in [-0.15, -0.1) is 0 Å². The second-order valence-corrected chi connectivity index (χ2v) is 4.97. The van der Waals surface area contributed by atoms with Crippen LogP contribution in [0.3, 0.4) is 0 Å². The Morgan fingerprint density at radius 2 is 2.11 bits per heavy atom. The third-order valence-electron chi connectivity index (χ3n) is 2.63. The van der Waals surface area contributed by atoms with Crippen molar-refractivity contribution in [2.24, 2.45) is 0 Å². The van der Waals surface area contributed by atoms with E-state index in [-0.39, 0.29) is 11.4 Å². The summed E-state index contributed by atoms with van der Waals surface area (Å²) in [6.07, 6.45) is 0.984. The first-order valence-corrected chi connectivity index (χ1v) is 6.70. The highest BCUT2D eigenvalue weighted by atomic mass is 127. The second kappa shape index (κ2) is 5.60. The lowest BCUT2D eigenvalue weighted by Crippen LogP contribution is -2.18. The van der Waals surface area contributed by atoms with Gasteiger partial charge in [0.2, 0.25) is 0 Å². The van der Waals surface area contributed by atoms with Gasteiger partial charge in [0.05, 0.1) is 9.26 Å². The van der Waals surface area contributed by atoms with Crippen LogP contribution in [0.4, 0.5) is 4.39 Å². The molecule has 1 heterocycles. The lowest BCUT2D eigenvalue weighted by atomic mass is 10.1. The molecule has 0 saturated heterocycles. The van der Waals surface area contributed by atoms with Gasteiger partial charge in [0, 0.05) is 6.42 Å². The fourth-order valence-electron chi connectivity index (χ4n) is 1.70. The average molecular weight is 358 g/mol. The molecule has 18 heavy (non-hydrogen) atoms. The molecular weight excluding hydrogens is 346 g/mol. The summed E-state index contributed by atoms with van der Waals surface area (Å²) in [5.74, 6) is 0.221. The zero-order valence-electron chi connectivity index (χ0n) is 9.84. The van der Waals surface area contributed by atoms with E-state index in [0.717, 1.165) is 5.69 Å². The standard InChI is InChI=1S/C13H12FIN2O/c1-2-10-12(15)13(18)17-11(16-10)7-8-5-3-4-6-9(8)14/h3-6H,2,7H2,1H3,(H,16,17,18). The molecule has 0 aliphatic rings. The van der Waals surface area contributed by atoms with Crippen molar-refractivity contribution >= 4 is 22.6 Å². The third kappa shape index (κ3) is 2.77. The zero-order valence-corrected chi connectivity index (χ0v) is 12.0. The van der Waals surface area contributed by atoms with Crippen LogP contribution < -0.4 is 5.56 Å². The van der Waals surface area contributed by atoms with Crippen molar-refractivity contribution in [3.8, 4) is 0 Å². The number of hydrogen-bond donors (Lipinski definition) is 1. The number of aromatic amines is 1. The first kappa shape index (κ1) is 13.2. The Hall–Kier alpha value is -1.24. The Balaban J connectivity index is 2.39. The van der Waals surface area contributed by atoms with Crippen molar-refractivity contribution in [1.82, 2.24) is 9.97 Å². The minimum Gasteiger partial charge on any atom is -0.309 e. The fraction of sp³-hybridized carbons (Fsp3) is 0.231. The molecule has 0 fully saturated rings. The van der Waals surface area contributed by atoms with Crippen LogP contribution in [0.15, 0.2) is 29.1 Å². The topological polar surface area (TPSA) is 45.8 Å². The van der Waals surface area contributed by atoms with Crippen LogP contribution in [0.5, 0.6) is 0 Å². The van der Waals surface area contributed by atoms with Gasteiger partial charge in [0.1, 0.15) is 11.6 Å². The van der Waals surface area contributed by atoms with Gasteiger partial charge in [-0.1, -0.05) is 25.1 Å². The van der Waals surface area contributed by atoms with Crippen LogP contribution in [-0.4, -0.2) is 9.97 Å². The fourth-order valence-corrected chi connectivity index (χ4v) is 2.33. The molecule has 2 aromatic rings. The van der Waals surface area contributed by atoms with Gasteiger partial charge in [-0.3, -0.25) is 4.79 Å². The minimum absolute atomic E-state index is 0.159. The predicted octanol–water partition coefficient (Wildman–Crippen LogP) is 2.67. The van der Waals surface area contributed by atoms with Crippen molar-refractivity contribution in [1.29, 1.82) is 0 Å². The van der Waals surface area contributed by atoms with Gasteiger partial charge in [0.15, 0.2) is 0 Å². The molecule has 0 unspecified atom stereocenters. The highest BCUT2D eigenvalue weighted by molar-refractivity contribution is 14.1. The van der Waals surface area contributed by atoms with Gasteiger partial charge < -0.3 is 4.98 Å². The molecule has 1 aromatic carbocycles. The van der Waals surface area contributed by atoms with Crippen molar-refractivity contribution in [3.05, 3.63) is 61.1 Å². The number of halogens is 2. The molecule has 0 aliphatic heterocycles. The summed E-state index contributed by atoms with van der Waals surface area (Å²) >= 11 is 1.98. The van der Waals surface area contributed by atoms with Crippen LogP contribution in [0, 0.1) is 9.39 Å². The van der Waals surface area contributed by atoms with E-state index in [9.17, 15) is 9.18 Å². The first-order chi connectivity index (χ1) is 8.61. The highest BCUT2D eigenvalue weighted by Crippen LogP contribution is 2.11. The Kier molecular flexibility index (Phi) is 4.11. The minimum atomic E-state index is -0.281. The number of nitrogens with zero attached hydrogens (tertiary/aromatic N) is 1. The Bertz CT molecular complexity index is 625. The maximum atomic E-state index is 13.5. The van der Waals surface area contributed by atoms with E-state index in [0.29, 0.717) is 27.8 Å². The molecule has 94 valence electrons. The van der Waals surface area contributed by atoms with Gasteiger partial charge in [-0.2, -0.15) is 0 Å². The van der Waals surface area contributed by atoms with Crippen LogP contribution in [0.1, 0.15) is 24.0 Å². The zero-order chi connectivity index (χ0) is 13.1. The first-order valence-electron chi connectivity index (χ1n) is 5.62. The largest absolute Gasteiger partial charge is 0.309 e. The summed E-state index contributed by atoms with van der Waals surface area (Å²) in [5, 5.41) is 0. The molecule has 0 aliphatic carbocycles. The van der Waals surface area contributed by atoms with Crippen molar-refractivity contribution < 1.29 is 4.39 Å². The summed E-state index contributed by atoms with van der Waals surface area (Å²) in [5.41, 5.74) is 1.13.